The molecule has 1 aromatic heterocycles. The minimum atomic E-state index is 0.296. The fraction of sp³-hybridized carbons (Fsp3) is 0.733. The Hall–Kier alpha value is -1.14. The van der Waals surface area contributed by atoms with Gasteiger partial charge >= 0.3 is 0 Å². The molecule has 0 fully saturated rings. The monoisotopic (exact) mass is 312 g/mol. The summed E-state index contributed by atoms with van der Waals surface area (Å²) >= 11 is 1.66. The third-order valence-corrected chi connectivity index (χ3v) is 4.27. The van der Waals surface area contributed by atoms with E-state index in [0.29, 0.717) is 12.0 Å². The number of rotatable bonds is 8. The fourth-order valence-corrected chi connectivity index (χ4v) is 2.75. The maximum atomic E-state index is 5.75. The zero-order valence-electron chi connectivity index (χ0n) is 13.8. The van der Waals surface area contributed by atoms with E-state index in [9.17, 15) is 0 Å². The Bertz CT molecular complexity index is 431. The average Bonchev–Trinajstić information content (AvgIpc) is 2.86. The number of guanidine groups is 1. The van der Waals surface area contributed by atoms with Crippen LogP contribution in [0.1, 0.15) is 37.8 Å². The van der Waals surface area contributed by atoms with Crippen molar-refractivity contribution in [2.45, 2.75) is 46.8 Å². The number of nitrogens with one attached hydrogen (secondary N) is 2. The molecule has 0 aliphatic carbocycles. The molecule has 21 heavy (non-hydrogen) atoms. The number of ether oxygens (including phenoxy) is 1. The molecule has 2 N–H and O–H groups in total. The lowest BCUT2D eigenvalue weighted by Gasteiger charge is -2.21. The Morgan fingerprint density at radius 3 is 2.71 bits per heavy atom. The van der Waals surface area contributed by atoms with Crippen LogP contribution in [0.25, 0.3) is 0 Å². The maximum absolute atomic E-state index is 5.75. The lowest BCUT2D eigenvalue weighted by atomic mass is 10.0. The van der Waals surface area contributed by atoms with Crippen molar-refractivity contribution in [3.05, 3.63) is 16.1 Å². The van der Waals surface area contributed by atoms with Gasteiger partial charge in [-0.1, -0.05) is 13.8 Å². The van der Waals surface area contributed by atoms with E-state index in [1.807, 2.05) is 19.4 Å². The number of aryl methyl sites for hydroxylation is 1. The van der Waals surface area contributed by atoms with Crippen molar-refractivity contribution in [1.29, 1.82) is 0 Å². The Morgan fingerprint density at radius 2 is 2.19 bits per heavy atom. The smallest absolute Gasteiger partial charge is 0.191 e. The standard InChI is InChI=1S/C15H28N4OS/c1-6-20-13(11(2)3)7-8-17-15(16-5)18-9-14-12(4)19-10-21-14/h10-11,13H,6-9H2,1-5H3,(H2,16,17,18). The Balaban J connectivity index is 2.33. The minimum absolute atomic E-state index is 0.296. The summed E-state index contributed by atoms with van der Waals surface area (Å²) in [6.07, 6.45) is 1.27. The number of thiazole rings is 1. The first-order valence-corrected chi connectivity index (χ1v) is 8.41. The van der Waals surface area contributed by atoms with Crippen LogP contribution in [0.3, 0.4) is 0 Å². The first-order chi connectivity index (χ1) is 10.1. The van der Waals surface area contributed by atoms with E-state index >= 15 is 0 Å². The zero-order valence-corrected chi connectivity index (χ0v) is 14.6. The third kappa shape index (κ3) is 6.44. The highest BCUT2D eigenvalue weighted by Gasteiger charge is 2.13. The van der Waals surface area contributed by atoms with Crippen molar-refractivity contribution in [2.75, 3.05) is 20.2 Å². The van der Waals surface area contributed by atoms with Crippen LogP contribution in [0.4, 0.5) is 0 Å². The summed E-state index contributed by atoms with van der Waals surface area (Å²) in [7, 11) is 1.79. The molecular formula is C15H28N4OS. The van der Waals surface area contributed by atoms with E-state index in [4.69, 9.17) is 4.74 Å². The molecule has 0 aliphatic heterocycles. The lowest BCUT2D eigenvalue weighted by molar-refractivity contribution is 0.0258. The van der Waals surface area contributed by atoms with Gasteiger partial charge in [0.25, 0.3) is 0 Å². The van der Waals surface area contributed by atoms with Gasteiger partial charge in [-0.05, 0) is 26.2 Å². The fourth-order valence-electron chi connectivity index (χ4n) is 2.04. The quantitative estimate of drug-likeness (QED) is 0.572. The van der Waals surface area contributed by atoms with Crippen LogP contribution in [0.2, 0.25) is 0 Å². The van der Waals surface area contributed by atoms with Gasteiger partial charge in [-0.15, -0.1) is 11.3 Å². The van der Waals surface area contributed by atoms with Crippen LogP contribution < -0.4 is 10.6 Å². The van der Waals surface area contributed by atoms with Crippen LogP contribution in [0.5, 0.6) is 0 Å². The predicted octanol–water partition coefficient (Wildman–Crippen LogP) is 2.57. The van der Waals surface area contributed by atoms with Gasteiger partial charge in [0.2, 0.25) is 0 Å². The Morgan fingerprint density at radius 1 is 1.43 bits per heavy atom. The van der Waals surface area contributed by atoms with E-state index in [2.05, 4.69) is 34.5 Å². The molecular weight excluding hydrogens is 284 g/mol. The van der Waals surface area contributed by atoms with Gasteiger partial charge in [-0.3, -0.25) is 4.99 Å². The molecule has 1 aromatic rings. The third-order valence-electron chi connectivity index (χ3n) is 3.33. The topological polar surface area (TPSA) is 58.5 Å². The molecule has 6 heteroatoms. The molecule has 1 heterocycles. The molecule has 0 aromatic carbocycles. The van der Waals surface area contributed by atoms with Crippen LogP contribution >= 0.6 is 11.3 Å². The molecule has 5 nitrogen and oxygen atoms in total. The predicted molar refractivity (Wildman–Crippen MR) is 89.9 cm³/mol. The van der Waals surface area contributed by atoms with Gasteiger partial charge in [0.15, 0.2) is 5.96 Å². The highest BCUT2D eigenvalue weighted by atomic mass is 32.1. The first kappa shape index (κ1) is 17.9. The number of nitrogens with zero attached hydrogens (tertiary/aromatic N) is 2. The van der Waals surface area contributed by atoms with Gasteiger partial charge in [0.05, 0.1) is 23.9 Å². The molecule has 0 saturated heterocycles. The van der Waals surface area contributed by atoms with E-state index < -0.39 is 0 Å². The minimum Gasteiger partial charge on any atom is -0.378 e. The molecule has 0 radical (unpaired) electrons. The number of aliphatic imine (C=N–C) groups is 1. The summed E-state index contributed by atoms with van der Waals surface area (Å²) in [5.74, 6) is 1.35. The molecule has 1 atom stereocenters. The summed E-state index contributed by atoms with van der Waals surface area (Å²) in [6.45, 7) is 10.8. The number of aromatic nitrogens is 1. The van der Waals surface area contributed by atoms with Crippen LogP contribution in [-0.4, -0.2) is 37.2 Å². The molecule has 0 saturated carbocycles. The molecule has 0 amide bonds. The second kappa shape index (κ2) is 9.73. The summed E-state index contributed by atoms with van der Waals surface area (Å²) < 4.78 is 5.75. The lowest BCUT2D eigenvalue weighted by Crippen LogP contribution is -2.38. The SMILES string of the molecule is CCOC(CCNC(=NC)NCc1scnc1C)C(C)C. The molecule has 0 spiro atoms. The largest absolute Gasteiger partial charge is 0.378 e. The van der Waals surface area contributed by atoms with Crippen molar-refractivity contribution < 1.29 is 4.74 Å². The second-order valence-electron chi connectivity index (χ2n) is 5.24. The van der Waals surface area contributed by atoms with Crippen LogP contribution in [0.15, 0.2) is 10.5 Å². The Labute approximate surface area is 132 Å². The van der Waals surface area contributed by atoms with Crippen molar-refractivity contribution in [3.8, 4) is 0 Å². The normalized spacial score (nSPS) is 13.5. The van der Waals surface area contributed by atoms with E-state index in [1.54, 1.807) is 18.4 Å². The maximum Gasteiger partial charge on any atom is 0.191 e. The van der Waals surface area contributed by atoms with E-state index in [0.717, 1.165) is 37.8 Å². The van der Waals surface area contributed by atoms with Crippen molar-refractivity contribution >= 4 is 17.3 Å². The summed E-state index contributed by atoms with van der Waals surface area (Å²) in [6, 6.07) is 0. The molecule has 0 aliphatic rings. The molecule has 1 unspecified atom stereocenters. The number of hydrogen-bond acceptors (Lipinski definition) is 4. The van der Waals surface area contributed by atoms with E-state index in [1.165, 1.54) is 4.88 Å². The molecule has 1 rings (SSSR count). The van der Waals surface area contributed by atoms with E-state index in [-0.39, 0.29) is 0 Å². The van der Waals surface area contributed by atoms with Crippen molar-refractivity contribution in [3.63, 3.8) is 0 Å². The first-order valence-electron chi connectivity index (χ1n) is 7.53. The van der Waals surface area contributed by atoms with Crippen LogP contribution in [-0.2, 0) is 11.3 Å². The van der Waals surface area contributed by atoms with Gasteiger partial charge in [0.1, 0.15) is 0 Å². The summed E-state index contributed by atoms with van der Waals surface area (Å²) in [5, 5.41) is 6.65. The molecule has 0 bridgehead atoms. The van der Waals surface area contributed by atoms with Gasteiger partial charge in [0, 0.05) is 25.1 Å². The highest BCUT2D eigenvalue weighted by molar-refractivity contribution is 7.09. The summed E-state index contributed by atoms with van der Waals surface area (Å²) in [4.78, 5) is 9.73. The zero-order chi connectivity index (χ0) is 15.7. The van der Waals surface area contributed by atoms with Crippen LogP contribution in [0, 0.1) is 12.8 Å². The van der Waals surface area contributed by atoms with Crippen molar-refractivity contribution in [2.24, 2.45) is 10.9 Å². The average molecular weight is 312 g/mol. The second-order valence-corrected chi connectivity index (χ2v) is 6.18. The van der Waals surface area contributed by atoms with Gasteiger partial charge in [-0.2, -0.15) is 0 Å². The number of hydrogen-bond donors (Lipinski definition) is 2. The van der Waals surface area contributed by atoms with Gasteiger partial charge < -0.3 is 15.4 Å². The Kier molecular flexibility index (Phi) is 8.30. The highest BCUT2D eigenvalue weighted by Crippen LogP contribution is 2.11. The van der Waals surface area contributed by atoms with Crippen molar-refractivity contribution in [1.82, 2.24) is 15.6 Å². The summed E-state index contributed by atoms with van der Waals surface area (Å²) in [5.41, 5.74) is 2.96. The van der Waals surface area contributed by atoms with Gasteiger partial charge in [-0.25, -0.2) is 4.98 Å². The molecule has 120 valence electrons.